The van der Waals surface area contributed by atoms with Crippen molar-refractivity contribution in [1.82, 2.24) is 5.43 Å². The number of hydrogen-bond acceptors (Lipinski definition) is 3. The van der Waals surface area contributed by atoms with Crippen LogP contribution in [0.15, 0.2) is 91.0 Å². The number of halogens is 1. The maximum Gasteiger partial charge on any atom is 0.280 e. The molecule has 0 radical (unpaired) electrons. The van der Waals surface area contributed by atoms with Crippen LogP contribution in [0.4, 0.5) is 5.69 Å². The number of alkyl halides is 1. The first-order chi connectivity index (χ1) is 13.6. The number of nitrogens with zero attached hydrogens (tertiary/aromatic N) is 1. The summed E-state index contributed by atoms with van der Waals surface area (Å²) in [4.78, 5) is 25.6. The van der Waals surface area contributed by atoms with Crippen LogP contribution in [-0.4, -0.2) is 22.8 Å². The maximum absolute atomic E-state index is 13.3. The molecule has 0 aliphatic carbocycles. The molecular formula is C22H19ClN2O3. The second-order valence-electron chi connectivity index (χ2n) is 6.08. The molecule has 142 valence electrons. The minimum atomic E-state index is -2.00. The van der Waals surface area contributed by atoms with E-state index in [4.69, 9.17) is 11.6 Å². The van der Waals surface area contributed by atoms with E-state index >= 15 is 0 Å². The van der Waals surface area contributed by atoms with Gasteiger partial charge in [0.1, 0.15) is 5.88 Å². The average Bonchev–Trinajstić information content (AvgIpc) is 2.78. The summed E-state index contributed by atoms with van der Waals surface area (Å²) in [5, 5.41) is 12.5. The number of hydrazine groups is 1. The van der Waals surface area contributed by atoms with Crippen molar-refractivity contribution < 1.29 is 14.7 Å². The Morgan fingerprint density at radius 1 is 0.821 bits per heavy atom. The van der Waals surface area contributed by atoms with E-state index in [1.165, 1.54) is 0 Å². The summed E-state index contributed by atoms with van der Waals surface area (Å²) in [6, 6.07) is 25.7. The number of carbonyl (C=O) groups excluding carboxylic acids is 2. The summed E-state index contributed by atoms with van der Waals surface area (Å²) in [5.74, 6) is -1.62. The molecule has 0 atom stereocenters. The number of nitrogens with one attached hydrogen (secondary N) is 1. The summed E-state index contributed by atoms with van der Waals surface area (Å²) < 4.78 is 0. The lowest BCUT2D eigenvalue weighted by Crippen LogP contribution is -2.55. The Hall–Kier alpha value is -3.15. The number of rotatable bonds is 5. The normalized spacial score (nSPS) is 10.9. The third kappa shape index (κ3) is 3.91. The van der Waals surface area contributed by atoms with E-state index in [0.29, 0.717) is 16.8 Å². The van der Waals surface area contributed by atoms with Crippen LogP contribution in [0.1, 0.15) is 11.1 Å². The fourth-order valence-corrected chi connectivity index (χ4v) is 3.00. The molecule has 0 saturated carbocycles. The quantitative estimate of drug-likeness (QED) is 0.515. The van der Waals surface area contributed by atoms with Crippen LogP contribution in [0.2, 0.25) is 0 Å². The van der Waals surface area contributed by atoms with Gasteiger partial charge in [-0.2, -0.15) is 0 Å². The van der Waals surface area contributed by atoms with E-state index < -0.39 is 17.4 Å². The zero-order valence-corrected chi connectivity index (χ0v) is 15.7. The largest absolute Gasteiger partial charge is 0.372 e. The van der Waals surface area contributed by atoms with Crippen LogP contribution in [0.3, 0.4) is 0 Å². The minimum absolute atomic E-state index is 0.329. The summed E-state index contributed by atoms with van der Waals surface area (Å²) in [5.41, 5.74) is 1.73. The van der Waals surface area contributed by atoms with E-state index in [1.54, 1.807) is 91.0 Å². The molecule has 0 aromatic heterocycles. The van der Waals surface area contributed by atoms with E-state index in [0.717, 1.165) is 5.01 Å². The van der Waals surface area contributed by atoms with Gasteiger partial charge in [0.15, 0.2) is 5.60 Å². The predicted octanol–water partition coefficient (Wildman–Crippen LogP) is 3.23. The van der Waals surface area contributed by atoms with Crippen molar-refractivity contribution in [2.24, 2.45) is 0 Å². The fourth-order valence-electron chi connectivity index (χ4n) is 2.88. The zero-order valence-electron chi connectivity index (χ0n) is 15.0. The monoisotopic (exact) mass is 394 g/mol. The Labute approximate surface area is 168 Å². The second kappa shape index (κ2) is 8.69. The number of para-hydroxylation sites is 1. The molecule has 0 spiro atoms. The van der Waals surface area contributed by atoms with Gasteiger partial charge < -0.3 is 5.11 Å². The number of carbonyl (C=O) groups is 2. The SMILES string of the molecule is O=C(CCl)N(NC(=O)C(O)(c1ccccc1)c1ccccc1)c1ccccc1. The predicted molar refractivity (Wildman–Crippen MR) is 109 cm³/mol. The molecule has 0 saturated heterocycles. The summed E-state index contributed by atoms with van der Waals surface area (Å²) in [7, 11) is 0. The van der Waals surface area contributed by atoms with Gasteiger partial charge in [0.2, 0.25) is 0 Å². The Bertz CT molecular complexity index is 894. The highest BCUT2D eigenvalue weighted by molar-refractivity contribution is 6.29. The van der Waals surface area contributed by atoms with Crippen molar-refractivity contribution in [3.05, 3.63) is 102 Å². The molecule has 0 aliphatic heterocycles. The third-order valence-corrected chi connectivity index (χ3v) is 4.53. The molecule has 2 N–H and O–H groups in total. The molecule has 0 unspecified atom stereocenters. The second-order valence-corrected chi connectivity index (χ2v) is 6.35. The molecule has 3 aromatic carbocycles. The molecule has 3 aromatic rings. The van der Waals surface area contributed by atoms with Crippen molar-refractivity contribution in [1.29, 1.82) is 0 Å². The van der Waals surface area contributed by atoms with Gasteiger partial charge in [-0.15, -0.1) is 11.6 Å². The van der Waals surface area contributed by atoms with E-state index in [2.05, 4.69) is 5.43 Å². The highest BCUT2D eigenvalue weighted by Gasteiger charge is 2.41. The van der Waals surface area contributed by atoms with E-state index in [-0.39, 0.29) is 5.88 Å². The van der Waals surface area contributed by atoms with Crippen molar-refractivity contribution in [2.75, 3.05) is 10.9 Å². The van der Waals surface area contributed by atoms with Crippen LogP contribution in [-0.2, 0) is 15.2 Å². The van der Waals surface area contributed by atoms with Gasteiger partial charge in [0, 0.05) is 0 Å². The van der Waals surface area contributed by atoms with Gasteiger partial charge in [-0.1, -0.05) is 78.9 Å². The van der Waals surface area contributed by atoms with Gasteiger partial charge >= 0.3 is 0 Å². The Kier molecular flexibility index (Phi) is 6.09. The topological polar surface area (TPSA) is 69.6 Å². The standard InChI is InChI=1S/C22H19ClN2O3/c23-16-20(26)25(19-14-8-3-9-15-19)24-21(27)22(28,17-10-4-1-5-11-17)18-12-6-2-7-13-18/h1-15,28H,16H2,(H,24,27). The number of benzene rings is 3. The van der Waals surface area contributed by atoms with Gasteiger partial charge in [-0.05, 0) is 23.3 Å². The zero-order chi connectivity index (χ0) is 20.0. The number of hydrogen-bond donors (Lipinski definition) is 2. The molecule has 0 bridgehead atoms. The Balaban J connectivity index is 2.03. The lowest BCUT2D eigenvalue weighted by molar-refractivity contribution is -0.138. The Morgan fingerprint density at radius 2 is 1.25 bits per heavy atom. The molecule has 28 heavy (non-hydrogen) atoms. The van der Waals surface area contributed by atoms with Crippen molar-refractivity contribution in [2.45, 2.75) is 5.60 Å². The van der Waals surface area contributed by atoms with Crippen LogP contribution in [0.25, 0.3) is 0 Å². The first-order valence-electron chi connectivity index (χ1n) is 8.66. The number of aliphatic hydroxyl groups is 1. The summed E-state index contributed by atoms with van der Waals surface area (Å²) in [6.07, 6.45) is 0. The van der Waals surface area contributed by atoms with Gasteiger partial charge in [0.05, 0.1) is 5.69 Å². The van der Waals surface area contributed by atoms with Gasteiger partial charge in [0.25, 0.3) is 11.8 Å². The molecule has 0 aliphatic rings. The van der Waals surface area contributed by atoms with Crippen molar-refractivity contribution >= 4 is 29.1 Å². The fraction of sp³-hybridized carbons (Fsp3) is 0.0909. The highest BCUT2D eigenvalue weighted by Crippen LogP contribution is 2.30. The first kappa shape index (κ1) is 19.6. The average molecular weight is 395 g/mol. The minimum Gasteiger partial charge on any atom is -0.372 e. The molecular weight excluding hydrogens is 376 g/mol. The molecule has 6 heteroatoms. The van der Waals surface area contributed by atoms with Gasteiger partial charge in [-0.3, -0.25) is 15.0 Å². The van der Waals surface area contributed by atoms with Crippen LogP contribution < -0.4 is 10.4 Å². The molecule has 2 amide bonds. The highest BCUT2D eigenvalue weighted by atomic mass is 35.5. The van der Waals surface area contributed by atoms with Crippen molar-refractivity contribution in [3.63, 3.8) is 0 Å². The maximum atomic E-state index is 13.3. The Morgan fingerprint density at radius 3 is 1.68 bits per heavy atom. The van der Waals surface area contributed by atoms with Gasteiger partial charge in [-0.25, -0.2) is 5.01 Å². The van der Waals surface area contributed by atoms with Crippen LogP contribution in [0, 0.1) is 0 Å². The molecule has 5 nitrogen and oxygen atoms in total. The third-order valence-electron chi connectivity index (χ3n) is 4.30. The number of anilines is 1. The summed E-state index contributed by atoms with van der Waals surface area (Å²) >= 11 is 5.72. The lowest BCUT2D eigenvalue weighted by atomic mass is 9.85. The number of amides is 2. The van der Waals surface area contributed by atoms with Crippen LogP contribution >= 0.6 is 11.6 Å². The summed E-state index contributed by atoms with van der Waals surface area (Å²) in [6.45, 7) is 0. The smallest absolute Gasteiger partial charge is 0.280 e. The molecule has 0 fully saturated rings. The molecule has 3 rings (SSSR count). The van der Waals surface area contributed by atoms with Crippen LogP contribution in [0.5, 0.6) is 0 Å². The van der Waals surface area contributed by atoms with Crippen molar-refractivity contribution in [3.8, 4) is 0 Å². The molecule has 0 heterocycles. The van der Waals surface area contributed by atoms with E-state index in [9.17, 15) is 14.7 Å². The first-order valence-corrected chi connectivity index (χ1v) is 9.19. The lowest BCUT2D eigenvalue weighted by Gasteiger charge is -2.31. The van der Waals surface area contributed by atoms with E-state index in [1.807, 2.05) is 0 Å².